The SMILES string of the molecule is O=C(/C=C/S(=O)(=O)C1CNN=C1C(=O)c1ccc(Cl)cc1)c1ccc(Cl)cc1. The van der Waals surface area contributed by atoms with Gasteiger partial charge in [-0.3, -0.25) is 9.59 Å². The van der Waals surface area contributed by atoms with Crippen molar-refractivity contribution in [3.8, 4) is 0 Å². The number of sulfone groups is 1. The highest BCUT2D eigenvalue weighted by molar-refractivity contribution is 7.95. The first-order valence-corrected chi connectivity index (χ1v) is 10.5. The molecule has 0 saturated heterocycles. The van der Waals surface area contributed by atoms with Crippen molar-refractivity contribution in [1.29, 1.82) is 0 Å². The maximum absolute atomic E-state index is 12.7. The lowest BCUT2D eigenvalue weighted by atomic mass is 10.1. The van der Waals surface area contributed by atoms with Gasteiger partial charge < -0.3 is 5.43 Å². The summed E-state index contributed by atoms with van der Waals surface area (Å²) < 4.78 is 25.3. The first-order valence-electron chi connectivity index (χ1n) is 8.10. The Kier molecular flexibility index (Phi) is 5.98. The molecule has 0 aromatic heterocycles. The number of rotatable bonds is 6. The van der Waals surface area contributed by atoms with Crippen molar-refractivity contribution in [3.63, 3.8) is 0 Å². The Bertz CT molecular complexity index is 1080. The molecular weight excluding hydrogens is 423 g/mol. The van der Waals surface area contributed by atoms with Gasteiger partial charge in [-0.1, -0.05) is 23.2 Å². The van der Waals surface area contributed by atoms with Crippen LogP contribution in [0.4, 0.5) is 0 Å². The Morgan fingerprint density at radius 3 is 2.07 bits per heavy atom. The van der Waals surface area contributed by atoms with Gasteiger partial charge in [0.25, 0.3) is 0 Å². The largest absolute Gasteiger partial charge is 0.308 e. The van der Waals surface area contributed by atoms with Crippen LogP contribution in [0, 0.1) is 0 Å². The summed E-state index contributed by atoms with van der Waals surface area (Å²) >= 11 is 11.6. The highest BCUT2D eigenvalue weighted by atomic mass is 35.5. The predicted molar refractivity (Wildman–Crippen MR) is 109 cm³/mol. The molecular formula is C19H14Cl2N2O4S. The Morgan fingerprint density at radius 1 is 0.964 bits per heavy atom. The van der Waals surface area contributed by atoms with Gasteiger partial charge in [0.1, 0.15) is 11.0 Å². The van der Waals surface area contributed by atoms with Gasteiger partial charge in [-0.05, 0) is 54.6 Å². The summed E-state index contributed by atoms with van der Waals surface area (Å²) in [6, 6.07) is 12.1. The van der Waals surface area contributed by atoms with Crippen molar-refractivity contribution < 1.29 is 18.0 Å². The number of carbonyl (C=O) groups is 2. The average molecular weight is 437 g/mol. The first kappa shape index (κ1) is 20.3. The smallest absolute Gasteiger partial charge is 0.210 e. The van der Waals surface area contributed by atoms with E-state index in [1.807, 2.05) is 0 Å². The van der Waals surface area contributed by atoms with Crippen molar-refractivity contribution in [2.24, 2.45) is 5.10 Å². The highest BCUT2D eigenvalue weighted by Crippen LogP contribution is 2.17. The summed E-state index contributed by atoms with van der Waals surface area (Å²) in [6.07, 6.45) is 0.960. The molecule has 0 aliphatic carbocycles. The molecule has 144 valence electrons. The van der Waals surface area contributed by atoms with E-state index in [-0.39, 0.29) is 17.8 Å². The van der Waals surface area contributed by atoms with E-state index in [1.54, 1.807) is 0 Å². The minimum absolute atomic E-state index is 0.0591. The van der Waals surface area contributed by atoms with E-state index in [2.05, 4.69) is 10.5 Å². The standard InChI is InChI=1S/C19H14Cl2N2O4S/c20-14-5-1-12(2-6-14)16(24)9-10-28(26,27)17-11-22-23-18(17)19(25)13-3-7-15(21)8-4-13/h1-10,17,22H,11H2/b10-9+. The zero-order valence-corrected chi connectivity index (χ0v) is 16.6. The van der Waals surface area contributed by atoms with Crippen LogP contribution in [0.2, 0.25) is 10.0 Å². The van der Waals surface area contributed by atoms with Gasteiger partial charge >= 0.3 is 0 Å². The number of nitrogens with zero attached hydrogens (tertiary/aromatic N) is 1. The van der Waals surface area contributed by atoms with E-state index < -0.39 is 26.7 Å². The molecule has 0 spiro atoms. The molecule has 9 heteroatoms. The minimum atomic E-state index is -3.95. The van der Waals surface area contributed by atoms with Crippen LogP contribution in [0.1, 0.15) is 20.7 Å². The minimum Gasteiger partial charge on any atom is -0.308 e. The third-order valence-corrected chi connectivity index (χ3v) is 6.26. The number of carbonyl (C=O) groups excluding carboxylic acids is 2. The van der Waals surface area contributed by atoms with Gasteiger partial charge in [-0.2, -0.15) is 5.10 Å². The number of ketones is 2. The second-order valence-electron chi connectivity index (χ2n) is 5.95. The van der Waals surface area contributed by atoms with E-state index in [0.717, 1.165) is 11.5 Å². The van der Waals surface area contributed by atoms with Crippen molar-refractivity contribution in [2.45, 2.75) is 5.25 Å². The van der Waals surface area contributed by atoms with E-state index in [1.165, 1.54) is 48.5 Å². The molecule has 1 N–H and O–H groups in total. The Labute approximate surface area is 171 Å². The number of halogens is 2. The summed E-state index contributed by atoms with van der Waals surface area (Å²) in [4.78, 5) is 24.8. The maximum atomic E-state index is 12.7. The quantitative estimate of drug-likeness (QED) is 0.553. The highest BCUT2D eigenvalue weighted by Gasteiger charge is 2.36. The first-order chi connectivity index (χ1) is 13.3. The lowest BCUT2D eigenvalue weighted by Gasteiger charge is -2.09. The zero-order valence-electron chi connectivity index (χ0n) is 14.3. The molecule has 2 aromatic rings. The Balaban J connectivity index is 1.79. The van der Waals surface area contributed by atoms with Crippen LogP contribution < -0.4 is 5.43 Å². The average Bonchev–Trinajstić information content (AvgIpc) is 3.18. The molecule has 0 saturated carbocycles. The number of allylic oxidation sites excluding steroid dienone is 1. The van der Waals surface area contributed by atoms with E-state index in [4.69, 9.17) is 23.2 Å². The number of benzene rings is 2. The molecule has 1 aliphatic heterocycles. The van der Waals surface area contributed by atoms with Crippen LogP contribution in [0.5, 0.6) is 0 Å². The van der Waals surface area contributed by atoms with Crippen molar-refractivity contribution in [2.75, 3.05) is 6.54 Å². The number of hydrogen-bond donors (Lipinski definition) is 1. The zero-order chi connectivity index (χ0) is 20.3. The summed E-state index contributed by atoms with van der Waals surface area (Å²) in [7, 11) is -3.95. The van der Waals surface area contributed by atoms with Gasteiger partial charge in [0.05, 0.1) is 6.54 Å². The molecule has 6 nitrogen and oxygen atoms in total. The van der Waals surface area contributed by atoms with Crippen LogP contribution >= 0.6 is 23.2 Å². The summed E-state index contributed by atoms with van der Waals surface area (Å²) in [5, 5.41) is 4.39. The fourth-order valence-electron chi connectivity index (χ4n) is 2.56. The van der Waals surface area contributed by atoms with Gasteiger partial charge in [0.2, 0.25) is 5.78 Å². The third-order valence-electron chi connectivity index (χ3n) is 4.05. The van der Waals surface area contributed by atoms with E-state index in [0.29, 0.717) is 15.6 Å². The molecule has 28 heavy (non-hydrogen) atoms. The van der Waals surface area contributed by atoms with Crippen molar-refractivity contribution >= 4 is 50.3 Å². The fourth-order valence-corrected chi connectivity index (χ4v) is 4.09. The van der Waals surface area contributed by atoms with Gasteiger partial charge in [-0.25, -0.2) is 8.42 Å². The molecule has 0 radical (unpaired) electrons. The topological polar surface area (TPSA) is 92.7 Å². The van der Waals surface area contributed by atoms with Gasteiger partial charge in [0.15, 0.2) is 15.6 Å². The predicted octanol–water partition coefficient (Wildman–Crippen LogP) is 3.32. The molecule has 0 fully saturated rings. The molecule has 2 aromatic carbocycles. The molecule has 1 heterocycles. The van der Waals surface area contributed by atoms with E-state index >= 15 is 0 Å². The van der Waals surface area contributed by atoms with E-state index in [9.17, 15) is 18.0 Å². The monoisotopic (exact) mass is 436 g/mol. The lowest BCUT2D eigenvalue weighted by Crippen LogP contribution is -2.35. The molecule has 1 atom stereocenters. The Morgan fingerprint density at radius 2 is 1.50 bits per heavy atom. The second kappa shape index (κ2) is 8.26. The van der Waals surface area contributed by atoms with Crippen LogP contribution in [-0.4, -0.2) is 37.5 Å². The second-order valence-corrected chi connectivity index (χ2v) is 8.84. The van der Waals surface area contributed by atoms with Crippen molar-refractivity contribution in [3.05, 3.63) is 81.2 Å². The third kappa shape index (κ3) is 4.49. The summed E-state index contributed by atoms with van der Waals surface area (Å²) in [6.45, 7) is -0.0591. The molecule has 0 amide bonds. The normalized spacial score (nSPS) is 16.6. The molecule has 0 bridgehead atoms. The van der Waals surface area contributed by atoms with Crippen molar-refractivity contribution in [1.82, 2.24) is 5.43 Å². The van der Waals surface area contributed by atoms with Crippen LogP contribution in [0.25, 0.3) is 0 Å². The summed E-state index contributed by atoms with van der Waals surface area (Å²) in [5.74, 6) is -1.01. The van der Waals surface area contributed by atoms with Gasteiger partial charge in [-0.15, -0.1) is 0 Å². The van der Waals surface area contributed by atoms with Crippen LogP contribution in [0.3, 0.4) is 0 Å². The van der Waals surface area contributed by atoms with Crippen LogP contribution in [0.15, 0.2) is 65.1 Å². The van der Waals surface area contributed by atoms with Gasteiger partial charge in [0, 0.05) is 26.6 Å². The maximum Gasteiger partial charge on any atom is 0.210 e. The molecule has 3 rings (SSSR count). The van der Waals surface area contributed by atoms with Crippen LogP contribution in [-0.2, 0) is 9.84 Å². The number of hydrogen-bond acceptors (Lipinski definition) is 6. The molecule has 1 unspecified atom stereocenters. The number of hydrazone groups is 1. The molecule has 1 aliphatic rings. The fraction of sp³-hybridized carbons (Fsp3) is 0.105. The number of Topliss-reactive ketones (excluding diaryl/α,β-unsaturated/α-hetero) is 1. The summed E-state index contributed by atoms with van der Waals surface area (Å²) in [5.41, 5.74) is 2.98. The number of nitrogens with one attached hydrogen (secondary N) is 1. The lowest BCUT2D eigenvalue weighted by molar-refractivity contribution is 0.104. The Hall–Kier alpha value is -2.48.